The molecule has 1 rings (SSSR count). The van der Waals surface area contributed by atoms with Crippen LogP contribution in [0.2, 0.25) is 0 Å². The fourth-order valence-electron chi connectivity index (χ4n) is 1.01. The molecule has 0 aliphatic carbocycles. The summed E-state index contributed by atoms with van der Waals surface area (Å²) in [6.45, 7) is 1.96. The van der Waals surface area contributed by atoms with Gasteiger partial charge < -0.3 is 0 Å². The maximum absolute atomic E-state index is 13.1. The molecule has 0 atom stereocenters. The summed E-state index contributed by atoms with van der Waals surface area (Å²) in [6.07, 6.45) is 0.580. The molecule has 15 heavy (non-hydrogen) atoms. The highest BCUT2D eigenvalue weighted by molar-refractivity contribution is 7.89. The third kappa shape index (κ3) is 2.73. The molecule has 1 N–H and O–H groups in total. The predicted molar refractivity (Wildman–Crippen MR) is 51.8 cm³/mol. The summed E-state index contributed by atoms with van der Waals surface area (Å²) in [4.78, 5) is -0.657. The highest BCUT2D eigenvalue weighted by Gasteiger charge is 2.20. The second-order valence-electron chi connectivity index (χ2n) is 2.95. The van der Waals surface area contributed by atoms with Crippen molar-refractivity contribution in [3.63, 3.8) is 0 Å². The van der Waals surface area contributed by atoms with Crippen LogP contribution >= 0.6 is 0 Å². The number of rotatable bonds is 4. The monoisotopic (exact) mass is 235 g/mol. The zero-order valence-electron chi connectivity index (χ0n) is 8.13. The Hall–Kier alpha value is -1.01. The lowest BCUT2D eigenvalue weighted by molar-refractivity contribution is 0.483. The van der Waals surface area contributed by atoms with E-state index in [4.69, 9.17) is 0 Å². The molecule has 0 saturated carbocycles. The Labute approximate surface area is 87.2 Å². The fourth-order valence-corrected chi connectivity index (χ4v) is 2.23. The SMILES string of the molecule is CCCNS(=O)(=O)c1cccc(F)c1F. The van der Waals surface area contributed by atoms with Crippen molar-refractivity contribution in [2.45, 2.75) is 18.2 Å². The average Bonchev–Trinajstić information content (AvgIpc) is 2.19. The van der Waals surface area contributed by atoms with Gasteiger partial charge in [0.25, 0.3) is 0 Å². The molecular formula is C9H11F2NO2S. The third-order valence-electron chi connectivity index (χ3n) is 1.75. The van der Waals surface area contributed by atoms with Crippen LogP contribution in [-0.4, -0.2) is 15.0 Å². The highest BCUT2D eigenvalue weighted by atomic mass is 32.2. The first-order chi connectivity index (χ1) is 6.99. The van der Waals surface area contributed by atoms with E-state index in [0.29, 0.717) is 6.42 Å². The van der Waals surface area contributed by atoms with Gasteiger partial charge in [-0.15, -0.1) is 0 Å². The van der Waals surface area contributed by atoms with Crippen molar-refractivity contribution in [2.24, 2.45) is 0 Å². The van der Waals surface area contributed by atoms with Gasteiger partial charge in [0.15, 0.2) is 11.6 Å². The topological polar surface area (TPSA) is 46.2 Å². The lowest BCUT2D eigenvalue weighted by Crippen LogP contribution is -2.25. The lowest BCUT2D eigenvalue weighted by Gasteiger charge is -2.06. The van der Waals surface area contributed by atoms with E-state index < -0.39 is 26.6 Å². The van der Waals surface area contributed by atoms with E-state index in [1.165, 1.54) is 0 Å². The van der Waals surface area contributed by atoms with E-state index in [1.54, 1.807) is 6.92 Å². The van der Waals surface area contributed by atoms with Crippen molar-refractivity contribution < 1.29 is 17.2 Å². The molecule has 0 heterocycles. The Morgan fingerprint density at radius 2 is 2.00 bits per heavy atom. The maximum Gasteiger partial charge on any atom is 0.243 e. The minimum Gasteiger partial charge on any atom is -0.211 e. The summed E-state index contributed by atoms with van der Waals surface area (Å²) in [5.74, 6) is -2.52. The summed E-state index contributed by atoms with van der Waals surface area (Å²) in [6, 6.07) is 3.05. The van der Waals surface area contributed by atoms with E-state index in [9.17, 15) is 17.2 Å². The van der Waals surface area contributed by atoms with Gasteiger partial charge >= 0.3 is 0 Å². The van der Waals surface area contributed by atoms with Crippen molar-refractivity contribution in [3.05, 3.63) is 29.8 Å². The van der Waals surface area contributed by atoms with Gasteiger partial charge in [0.1, 0.15) is 4.90 Å². The smallest absolute Gasteiger partial charge is 0.211 e. The molecule has 3 nitrogen and oxygen atoms in total. The van der Waals surface area contributed by atoms with Gasteiger partial charge in [0, 0.05) is 6.54 Å². The maximum atomic E-state index is 13.1. The zero-order valence-corrected chi connectivity index (χ0v) is 8.94. The Kier molecular flexibility index (Phi) is 3.76. The first-order valence-corrected chi connectivity index (χ1v) is 5.91. The van der Waals surface area contributed by atoms with Crippen LogP contribution in [-0.2, 0) is 10.0 Å². The van der Waals surface area contributed by atoms with Crippen LogP contribution in [0.1, 0.15) is 13.3 Å². The van der Waals surface area contributed by atoms with Gasteiger partial charge in [-0.05, 0) is 18.6 Å². The molecule has 0 amide bonds. The van der Waals surface area contributed by atoms with Crippen LogP contribution in [0.25, 0.3) is 0 Å². The average molecular weight is 235 g/mol. The molecule has 6 heteroatoms. The van der Waals surface area contributed by atoms with Crippen molar-refractivity contribution >= 4 is 10.0 Å². The van der Waals surface area contributed by atoms with E-state index in [0.717, 1.165) is 18.2 Å². The summed E-state index contributed by atoms with van der Waals surface area (Å²) >= 11 is 0. The van der Waals surface area contributed by atoms with Crippen LogP contribution in [0, 0.1) is 11.6 Å². The van der Waals surface area contributed by atoms with Crippen molar-refractivity contribution in [1.82, 2.24) is 4.72 Å². The number of benzene rings is 1. The molecule has 84 valence electrons. The molecule has 1 aromatic carbocycles. The van der Waals surface area contributed by atoms with Crippen LogP contribution in [0.5, 0.6) is 0 Å². The molecule has 0 aromatic heterocycles. The van der Waals surface area contributed by atoms with Gasteiger partial charge in [-0.25, -0.2) is 21.9 Å². The van der Waals surface area contributed by atoms with Gasteiger partial charge in [-0.2, -0.15) is 0 Å². The number of nitrogens with one attached hydrogen (secondary N) is 1. The molecule has 0 bridgehead atoms. The van der Waals surface area contributed by atoms with Crippen molar-refractivity contribution in [1.29, 1.82) is 0 Å². The molecular weight excluding hydrogens is 224 g/mol. The molecule has 0 unspecified atom stereocenters. The summed E-state index contributed by atoms with van der Waals surface area (Å²) in [5, 5.41) is 0. The second kappa shape index (κ2) is 4.67. The minimum atomic E-state index is -3.94. The molecule has 0 aliphatic rings. The Balaban J connectivity index is 3.10. The van der Waals surface area contributed by atoms with E-state index in [1.807, 2.05) is 0 Å². The number of sulfonamides is 1. The largest absolute Gasteiger partial charge is 0.243 e. The van der Waals surface area contributed by atoms with Crippen LogP contribution in [0.15, 0.2) is 23.1 Å². The highest BCUT2D eigenvalue weighted by Crippen LogP contribution is 2.16. The molecule has 0 saturated heterocycles. The van der Waals surface area contributed by atoms with Crippen molar-refractivity contribution in [3.8, 4) is 0 Å². The number of hydrogen-bond donors (Lipinski definition) is 1. The van der Waals surface area contributed by atoms with Gasteiger partial charge in [0.05, 0.1) is 0 Å². The number of hydrogen-bond acceptors (Lipinski definition) is 2. The van der Waals surface area contributed by atoms with E-state index in [2.05, 4.69) is 4.72 Å². The van der Waals surface area contributed by atoms with E-state index in [-0.39, 0.29) is 6.54 Å². The van der Waals surface area contributed by atoms with Crippen LogP contribution < -0.4 is 4.72 Å². The first kappa shape index (κ1) is 12.1. The van der Waals surface area contributed by atoms with Gasteiger partial charge in [-0.1, -0.05) is 13.0 Å². The zero-order chi connectivity index (χ0) is 11.5. The summed E-state index contributed by atoms with van der Waals surface area (Å²) in [7, 11) is -3.94. The molecule has 0 spiro atoms. The second-order valence-corrected chi connectivity index (χ2v) is 4.69. The van der Waals surface area contributed by atoms with Crippen molar-refractivity contribution in [2.75, 3.05) is 6.54 Å². The predicted octanol–water partition coefficient (Wildman–Crippen LogP) is 1.65. The molecule has 0 aliphatic heterocycles. The summed E-state index contributed by atoms with van der Waals surface area (Å²) in [5.41, 5.74) is 0. The minimum absolute atomic E-state index is 0.193. The lowest BCUT2D eigenvalue weighted by atomic mass is 10.3. The quantitative estimate of drug-likeness (QED) is 0.862. The Morgan fingerprint density at radius 3 is 2.60 bits per heavy atom. The van der Waals surface area contributed by atoms with Gasteiger partial charge in [0.2, 0.25) is 10.0 Å². The fraction of sp³-hybridized carbons (Fsp3) is 0.333. The Morgan fingerprint density at radius 1 is 1.33 bits per heavy atom. The first-order valence-electron chi connectivity index (χ1n) is 4.42. The molecule has 1 aromatic rings. The van der Waals surface area contributed by atoms with E-state index >= 15 is 0 Å². The third-order valence-corrected chi connectivity index (χ3v) is 3.23. The summed E-state index contributed by atoms with van der Waals surface area (Å²) < 4.78 is 50.9. The molecule has 0 radical (unpaired) electrons. The molecule has 0 fully saturated rings. The standard InChI is InChI=1S/C9H11F2NO2S/c1-2-6-12-15(13,14)8-5-3-4-7(10)9(8)11/h3-5,12H,2,6H2,1H3. The number of halogens is 2. The van der Waals surface area contributed by atoms with Crippen LogP contribution in [0.4, 0.5) is 8.78 Å². The Bertz CT molecular complexity index is 445. The normalized spacial score (nSPS) is 11.7. The van der Waals surface area contributed by atoms with Gasteiger partial charge in [-0.3, -0.25) is 0 Å². The van der Waals surface area contributed by atoms with Crippen LogP contribution in [0.3, 0.4) is 0 Å².